The molecule has 2 aliphatic rings. The summed E-state index contributed by atoms with van der Waals surface area (Å²) in [7, 11) is 0. The Kier molecular flexibility index (Phi) is 7.62. The topological polar surface area (TPSA) is 21.6 Å². The second-order valence-electron chi connectivity index (χ2n) is 3.88. The first-order valence-electron chi connectivity index (χ1n) is 5.99. The Morgan fingerprint density at radius 2 is 1.27 bits per heavy atom. The smallest absolute Gasteiger partial charge is 0.108 e. The molecule has 0 spiro atoms. The molecular formula is C13H21NO. The first kappa shape index (κ1) is 12.0. The van der Waals surface area contributed by atoms with Gasteiger partial charge in [-0.2, -0.15) is 0 Å². The molecule has 0 bridgehead atoms. The van der Waals surface area contributed by atoms with Crippen LogP contribution in [-0.2, 0) is 4.74 Å². The Balaban J connectivity index is 0.000000151. The van der Waals surface area contributed by atoms with Crippen molar-refractivity contribution in [1.82, 2.24) is 0 Å². The van der Waals surface area contributed by atoms with Crippen LogP contribution in [0.4, 0.5) is 0 Å². The van der Waals surface area contributed by atoms with Crippen LogP contribution in [0.3, 0.4) is 0 Å². The highest BCUT2D eigenvalue weighted by molar-refractivity contribution is 5.71. The van der Waals surface area contributed by atoms with Gasteiger partial charge < -0.3 is 4.74 Å². The monoisotopic (exact) mass is 207 g/mol. The number of ether oxygens (including phenoxy) is 1. The minimum Gasteiger partial charge on any atom is -0.471 e. The van der Waals surface area contributed by atoms with Crippen LogP contribution in [-0.4, -0.2) is 6.21 Å². The molecule has 0 aromatic rings. The van der Waals surface area contributed by atoms with E-state index in [-0.39, 0.29) is 0 Å². The Morgan fingerprint density at radius 1 is 0.733 bits per heavy atom. The molecule has 0 radical (unpaired) electrons. The van der Waals surface area contributed by atoms with Gasteiger partial charge in [-0.25, -0.2) is 0 Å². The van der Waals surface area contributed by atoms with E-state index in [1.807, 2.05) is 0 Å². The molecule has 1 aliphatic carbocycles. The molecule has 0 saturated heterocycles. The lowest BCUT2D eigenvalue weighted by molar-refractivity contribution is 0.403. The number of aliphatic imine (C=N–C) groups is 1. The van der Waals surface area contributed by atoms with Crippen molar-refractivity contribution in [2.45, 2.75) is 51.4 Å². The molecule has 2 heteroatoms. The summed E-state index contributed by atoms with van der Waals surface area (Å²) in [4.78, 5) is 3.75. The highest BCUT2D eigenvalue weighted by Crippen LogP contribution is 2.15. The number of hydrogen-bond donors (Lipinski definition) is 0. The van der Waals surface area contributed by atoms with E-state index >= 15 is 0 Å². The zero-order chi connectivity index (χ0) is 10.6. The van der Waals surface area contributed by atoms with Gasteiger partial charge in [0, 0.05) is 6.21 Å². The van der Waals surface area contributed by atoms with Crippen LogP contribution in [0.15, 0.2) is 29.8 Å². The summed E-state index contributed by atoms with van der Waals surface area (Å²) in [5.41, 5.74) is 0. The molecular weight excluding hydrogens is 186 g/mol. The van der Waals surface area contributed by atoms with Crippen molar-refractivity contribution < 1.29 is 4.74 Å². The Hall–Kier alpha value is -1.05. The van der Waals surface area contributed by atoms with Crippen LogP contribution < -0.4 is 0 Å². The van der Waals surface area contributed by atoms with E-state index in [4.69, 9.17) is 4.74 Å². The molecule has 84 valence electrons. The summed E-state index contributed by atoms with van der Waals surface area (Å²) in [5.74, 6) is 0. The van der Waals surface area contributed by atoms with Crippen molar-refractivity contribution in [2.75, 3.05) is 0 Å². The van der Waals surface area contributed by atoms with Gasteiger partial charge in [0.2, 0.25) is 0 Å². The first-order valence-corrected chi connectivity index (χ1v) is 5.99. The highest BCUT2D eigenvalue weighted by Gasteiger charge is 1.95. The quantitative estimate of drug-likeness (QED) is 0.583. The van der Waals surface area contributed by atoms with E-state index in [1.165, 1.54) is 57.6 Å². The average molecular weight is 207 g/mol. The van der Waals surface area contributed by atoms with E-state index in [1.54, 1.807) is 24.8 Å². The molecule has 0 atom stereocenters. The predicted molar refractivity (Wildman–Crippen MR) is 64.8 cm³/mol. The van der Waals surface area contributed by atoms with Gasteiger partial charge in [-0.1, -0.05) is 51.4 Å². The molecule has 1 saturated carbocycles. The number of allylic oxidation sites excluding steroid dienone is 1. The second-order valence-corrected chi connectivity index (χ2v) is 3.88. The molecule has 0 aromatic carbocycles. The van der Waals surface area contributed by atoms with E-state index in [0.717, 1.165) is 0 Å². The van der Waals surface area contributed by atoms with Gasteiger partial charge in [0.25, 0.3) is 0 Å². The van der Waals surface area contributed by atoms with Crippen LogP contribution in [0.5, 0.6) is 0 Å². The molecule has 2 nitrogen and oxygen atoms in total. The maximum Gasteiger partial charge on any atom is 0.108 e. The standard InChI is InChI=1S/C8H16.C5H5NO/c1-2-4-6-8-7-5-3-1;1-2-6-3-5-7-4-1/h1-8H2;1-5H. The maximum atomic E-state index is 4.71. The van der Waals surface area contributed by atoms with Gasteiger partial charge >= 0.3 is 0 Å². The largest absolute Gasteiger partial charge is 0.471 e. The Morgan fingerprint density at radius 3 is 1.80 bits per heavy atom. The third kappa shape index (κ3) is 7.98. The Labute approximate surface area is 92.7 Å². The lowest BCUT2D eigenvalue weighted by Gasteiger charge is -2.05. The van der Waals surface area contributed by atoms with Gasteiger partial charge in [-0.15, -0.1) is 0 Å². The molecule has 0 unspecified atom stereocenters. The lowest BCUT2D eigenvalue weighted by Crippen LogP contribution is -1.85. The Bertz CT molecular complexity index is 181. The molecule has 1 heterocycles. The van der Waals surface area contributed by atoms with Gasteiger partial charge in [-0.3, -0.25) is 4.99 Å². The third-order valence-electron chi connectivity index (χ3n) is 2.55. The van der Waals surface area contributed by atoms with Gasteiger partial charge in [0.15, 0.2) is 0 Å². The molecule has 2 rings (SSSR count). The fourth-order valence-corrected chi connectivity index (χ4v) is 1.71. The summed E-state index contributed by atoms with van der Waals surface area (Å²) in [6.45, 7) is 0. The van der Waals surface area contributed by atoms with Crippen molar-refractivity contribution in [1.29, 1.82) is 0 Å². The van der Waals surface area contributed by atoms with Gasteiger partial charge in [-0.05, 0) is 6.08 Å². The SMILES string of the molecule is C1=COC=CN=C1.C1CCCCCCC1. The van der Waals surface area contributed by atoms with Gasteiger partial charge in [0.05, 0.1) is 12.5 Å². The fourth-order valence-electron chi connectivity index (χ4n) is 1.71. The van der Waals surface area contributed by atoms with Crippen molar-refractivity contribution in [3.05, 3.63) is 24.8 Å². The van der Waals surface area contributed by atoms with E-state index in [2.05, 4.69) is 4.99 Å². The number of rotatable bonds is 0. The molecule has 0 N–H and O–H groups in total. The zero-order valence-electron chi connectivity index (χ0n) is 9.40. The summed E-state index contributed by atoms with van der Waals surface area (Å²) in [5, 5.41) is 0. The molecule has 1 fully saturated rings. The van der Waals surface area contributed by atoms with Crippen LogP contribution in [0.2, 0.25) is 0 Å². The van der Waals surface area contributed by atoms with Crippen LogP contribution in [0.25, 0.3) is 0 Å². The van der Waals surface area contributed by atoms with E-state index in [0.29, 0.717) is 0 Å². The van der Waals surface area contributed by atoms with Crippen LogP contribution >= 0.6 is 0 Å². The predicted octanol–water partition coefficient (Wildman–Crippen LogP) is 4.19. The van der Waals surface area contributed by atoms with Crippen molar-refractivity contribution >= 4 is 6.21 Å². The third-order valence-corrected chi connectivity index (χ3v) is 2.55. The fraction of sp³-hybridized carbons (Fsp3) is 0.615. The average Bonchev–Trinajstić information content (AvgIpc) is 2.48. The van der Waals surface area contributed by atoms with E-state index in [9.17, 15) is 0 Å². The molecule has 0 aromatic heterocycles. The van der Waals surface area contributed by atoms with Crippen molar-refractivity contribution in [2.24, 2.45) is 4.99 Å². The number of hydrogen-bond acceptors (Lipinski definition) is 2. The van der Waals surface area contributed by atoms with Crippen LogP contribution in [0.1, 0.15) is 51.4 Å². The summed E-state index contributed by atoms with van der Waals surface area (Å²) >= 11 is 0. The second kappa shape index (κ2) is 9.50. The number of nitrogens with zero attached hydrogens (tertiary/aromatic N) is 1. The summed E-state index contributed by atoms with van der Waals surface area (Å²) < 4.78 is 4.71. The summed E-state index contributed by atoms with van der Waals surface area (Å²) in [6, 6.07) is 0. The molecule has 0 amide bonds. The van der Waals surface area contributed by atoms with E-state index < -0.39 is 0 Å². The normalized spacial score (nSPS) is 20.3. The summed E-state index contributed by atoms with van der Waals surface area (Å²) in [6.07, 6.45) is 20.0. The minimum absolute atomic E-state index is 1.50. The lowest BCUT2D eigenvalue weighted by atomic mass is 10.0. The molecule has 15 heavy (non-hydrogen) atoms. The van der Waals surface area contributed by atoms with Crippen LogP contribution in [0, 0.1) is 0 Å². The highest BCUT2D eigenvalue weighted by atomic mass is 16.5. The van der Waals surface area contributed by atoms with Gasteiger partial charge in [0.1, 0.15) is 6.26 Å². The minimum atomic E-state index is 1.50. The molecule has 1 aliphatic heterocycles. The zero-order valence-corrected chi connectivity index (χ0v) is 9.40. The maximum absolute atomic E-state index is 4.71. The first-order chi connectivity index (χ1) is 7.50. The van der Waals surface area contributed by atoms with Crippen molar-refractivity contribution in [3.63, 3.8) is 0 Å². The van der Waals surface area contributed by atoms with Crippen molar-refractivity contribution in [3.8, 4) is 0 Å².